The van der Waals surface area contributed by atoms with E-state index in [1.807, 2.05) is 41.3 Å². The number of hydrogen-bond acceptors (Lipinski definition) is 6. The van der Waals surface area contributed by atoms with Crippen molar-refractivity contribution in [3.63, 3.8) is 0 Å². The molecular weight excluding hydrogens is 414 g/mol. The minimum Gasteiger partial charge on any atom is -0.379 e. The molecule has 1 fully saturated rings. The van der Waals surface area contributed by atoms with Gasteiger partial charge in [0.2, 0.25) is 5.91 Å². The highest BCUT2D eigenvalue weighted by Gasteiger charge is 2.20. The van der Waals surface area contributed by atoms with Gasteiger partial charge in [-0.05, 0) is 30.7 Å². The van der Waals surface area contributed by atoms with Crippen molar-refractivity contribution in [1.82, 2.24) is 9.88 Å². The van der Waals surface area contributed by atoms with Crippen LogP contribution < -0.4 is 4.90 Å². The average molecular weight is 442 g/mol. The number of rotatable bonds is 9. The van der Waals surface area contributed by atoms with Crippen LogP contribution in [0.4, 0.5) is 5.13 Å². The van der Waals surface area contributed by atoms with Crippen LogP contribution in [-0.4, -0.2) is 60.9 Å². The second-order valence-corrected chi connectivity index (χ2v) is 9.41. The fraction of sp³-hybridized carbons (Fsp3) is 0.391. The van der Waals surface area contributed by atoms with Crippen LogP contribution >= 0.6 is 23.1 Å². The lowest BCUT2D eigenvalue weighted by Gasteiger charge is -2.27. The van der Waals surface area contributed by atoms with E-state index >= 15 is 0 Å². The zero-order valence-corrected chi connectivity index (χ0v) is 18.7. The Morgan fingerprint density at radius 2 is 1.87 bits per heavy atom. The molecule has 0 atom stereocenters. The van der Waals surface area contributed by atoms with E-state index in [1.54, 1.807) is 23.1 Å². The fourth-order valence-electron chi connectivity index (χ4n) is 3.49. The molecule has 0 bridgehead atoms. The van der Waals surface area contributed by atoms with Crippen LogP contribution in [0.2, 0.25) is 0 Å². The third-order valence-corrected chi connectivity index (χ3v) is 7.18. The third kappa shape index (κ3) is 5.82. The van der Waals surface area contributed by atoms with Crippen LogP contribution in [0, 0.1) is 0 Å². The summed E-state index contributed by atoms with van der Waals surface area (Å²) in [6, 6.07) is 18.3. The van der Waals surface area contributed by atoms with Gasteiger partial charge in [-0.15, -0.1) is 11.8 Å². The summed E-state index contributed by atoms with van der Waals surface area (Å²) >= 11 is 3.33. The van der Waals surface area contributed by atoms with Gasteiger partial charge in [0, 0.05) is 43.2 Å². The van der Waals surface area contributed by atoms with E-state index in [0.717, 1.165) is 60.4 Å². The zero-order chi connectivity index (χ0) is 20.6. The molecule has 0 spiro atoms. The van der Waals surface area contributed by atoms with Crippen LogP contribution in [0.1, 0.15) is 12.8 Å². The molecule has 0 aliphatic carbocycles. The van der Waals surface area contributed by atoms with Crippen molar-refractivity contribution < 1.29 is 9.53 Å². The molecule has 1 aliphatic heterocycles. The Kier molecular flexibility index (Phi) is 7.75. The molecule has 3 aromatic rings. The molecule has 1 saturated heterocycles. The van der Waals surface area contributed by atoms with E-state index in [1.165, 1.54) is 4.90 Å². The number of para-hydroxylation sites is 1. The number of thiazole rings is 1. The first-order valence-electron chi connectivity index (χ1n) is 10.4. The number of anilines is 1. The maximum Gasteiger partial charge on any atom is 0.229 e. The first kappa shape index (κ1) is 21.3. The van der Waals surface area contributed by atoms with Gasteiger partial charge in [0.1, 0.15) is 0 Å². The number of amides is 1. The lowest BCUT2D eigenvalue weighted by Crippen LogP contribution is -2.39. The number of carbonyl (C=O) groups is 1. The molecule has 158 valence electrons. The Morgan fingerprint density at radius 1 is 1.10 bits per heavy atom. The normalized spacial score (nSPS) is 14.8. The molecular formula is C23H27N3O2S2. The maximum atomic E-state index is 13.1. The van der Waals surface area contributed by atoms with Crippen molar-refractivity contribution in [1.29, 1.82) is 0 Å². The zero-order valence-electron chi connectivity index (χ0n) is 17.0. The van der Waals surface area contributed by atoms with Crippen molar-refractivity contribution in [3.8, 4) is 0 Å². The summed E-state index contributed by atoms with van der Waals surface area (Å²) in [4.78, 5) is 23.4. The van der Waals surface area contributed by atoms with Gasteiger partial charge in [-0.2, -0.15) is 0 Å². The van der Waals surface area contributed by atoms with E-state index in [4.69, 9.17) is 9.72 Å². The van der Waals surface area contributed by atoms with Gasteiger partial charge in [-0.3, -0.25) is 14.6 Å². The summed E-state index contributed by atoms with van der Waals surface area (Å²) in [6.45, 7) is 5.24. The monoisotopic (exact) mass is 441 g/mol. The van der Waals surface area contributed by atoms with Crippen LogP contribution in [0.15, 0.2) is 59.5 Å². The summed E-state index contributed by atoms with van der Waals surface area (Å²) in [7, 11) is 0. The highest BCUT2D eigenvalue weighted by atomic mass is 32.2. The van der Waals surface area contributed by atoms with Crippen molar-refractivity contribution in [2.45, 2.75) is 17.7 Å². The lowest BCUT2D eigenvalue weighted by molar-refractivity contribution is -0.118. The minimum absolute atomic E-state index is 0.152. The Morgan fingerprint density at radius 3 is 2.67 bits per heavy atom. The molecule has 0 unspecified atom stereocenters. The van der Waals surface area contributed by atoms with E-state index in [2.05, 4.69) is 23.1 Å². The topological polar surface area (TPSA) is 45.7 Å². The smallest absolute Gasteiger partial charge is 0.229 e. The lowest BCUT2D eigenvalue weighted by atomic mass is 10.3. The molecule has 30 heavy (non-hydrogen) atoms. The van der Waals surface area contributed by atoms with Gasteiger partial charge in [0.25, 0.3) is 0 Å². The number of hydrogen-bond donors (Lipinski definition) is 0. The van der Waals surface area contributed by atoms with E-state index in [9.17, 15) is 4.79 Å². The Labute approximate surface area is 186 Å². The second-order valence-electron chi connectivity index (χ2n) is 7.23. The standard InChI is InChI=1S/C23H27N3O2S2/c27-22(11-18-29-19-7-2-1-3-8-19)26(13-6-12-25-14-16-28-17-15-25)23-24-20-9-4-5-10-21(20)30-23/h1-5,7-10H,6,11-18H2. The van der Waals surface area contributed by atoms with Gasteiger partial charge in [0.05, 0.1) is 23.4 Å². The number of nitrogens with zero attached hydrogens (tertiary/aromatic N) is 3. The quantitative estimate of drug-likeness (QED) is 0.457. The van der Waals surface area contributed by atoms with Crippen molar-refractivity contribution in [3.05, 3.63) is 54.6 Å². The van der Waals surface area contributed by atoms with Crippen molar-refractivity contribution >= 4 is 44.4 Å². The van der Waals surface area contributed by atoms with Crippen LogP contribution in [0.25, 0.3) is 10.2 Å². The minimum atomic E-state index is 0.152. The van der Waals surface area contributed by atoms with Crippen molar-refractivity contribution in [2.75, 3.05) is 50.0 Å². The summed E-state index contributed by atoms with van der Waals surface area (Å²) < 4.78 is 6.55. The molecule has 0 N–H and O–H groups in total. The number of fused-ring (bicyclic) bond motifs is 1. The predicted octanol–water partition coefficient (Wildman–Crippen LogP) is 4.53. The number of morpholine rings is 1. The van der Waals surface area contributed by atoms with Crippen molar-refractivity contribution in [2.24, 2.45) is 0 Å². The number of benzene rings is 2. The number of aromatic nitrogens is 1. The first-order chi connectivity index (χ1) is 14.8. The SMILES string of the molecule is O=C(CCSc1ccccc1)N(CCCN1CCOCC1)c1nc2ccccc2s1. The third-order valence-electron chi connectivity index (χ3n) is 5.10. The maximum absolute atomic E-state index is 13.1. The molecule has 1 aliphatic rings. The summed E-state index contributed by atoms with van der Waals surface area (Å²) in [6.07, 6.45) is 1.44. The number of ether oxygens (including phenoxy) is 1. The molecule has 2 aromatic carbocycles. The Hall–Kier alpha value is -1.93. The molecule has 7 heteroatoms. The predicted molar refractivity (Wildman–Crippen MR) is 126 cm³/mol. The first-order valence-corrected chi connectivity index (χ1v) is 12.2. The van der Waals surface area contributed by atoms with Gasteiger partial charge in [-0.1, -0.05) is 41.7 Å². The van der Waals surface area contributed by atoms with E-state index in [0.29, 0.717) is 13.0 Å². The summed E-state index contributed by atoms with van der Waals surface area (Å²) in [5.74, 6) is 0.924. The molecule has 5 nitrogen and oxygen atoms in total. The van der Waals surface area contributed by atoms with Gasteiger partial charge >= 0.3 is 0 Å². The van der Waals surface area contributed by atoms with E-state index in [-0.39, 0.29) is 5.91 Å². The number of carbonyl (C=O) groups excluding carboxylic acids is 1. The Balaban J connectivity index is 1.39. The number of thioether (sulfide) groups is 1. The summed E-state index contributed by atoms with van der Waals surface area (Å²) in [5, 5.41) is 0.813. The molecule has 1 amide bonds. The summed E-state index contributed by atoms with van der Waals surface area (Å²) in [5.41, 5.74) is 0.960. The van der Waals surface area contributed by atoms with Crippen LogP contribution in [0.5, 0.6) is 0 Å². The molecule has 0 radical (unpaired) electrons. The molecule has 1 aromatic heterocycles. The van der Waals surface area contributed by atoms with Crippen LogP contribution in [0.3, 0.4) is 0 Å². The van der Waals surface area contributed by atoms with Gasteiger partial charge in [-0.25, -0.2) is 4.98 Å². The van der Waals surface area contributed by atoms with Gasteiger partial charge < -0.3 is 4.74 Å². The fourth-order valence-corrected chi connectivity index (χ4v) is 5.36. The largest absolute Gasteiger partial charge is 0.379 e. The molecule has 4 rings (SSSR count). The molecule has 2 heterocycles. The average Bonchev–Trinajstić information content (AvgIpc) is 3.22. The molecule has 0 saturated carbocycles. The van der Waals surface area contributed by atoms with Gasteiger partial charge in [0.15, 0.2) is 5.13 Å². The highest BCUT2D eigenvalue weighted by Crippen LogP contribution is 2.29. The highest BCUT2D eigenvalue weighted by molar-refractivity contribution is 7.99. The van der Waals surface area contributed by atoms with Crippen LogP contribution in [-0.2, 0) is 9.53 Å². The Bertz CT molecular complexity index is 909. The second kappa shape index (κ2) is 10.9. The van der Waals surface area contributed by atoms with E-state index < -0.39 is 0 Å².